The van der Waals surface area contributed by atoms with Gasteiger partial charge in [-0.15, -0.1) is 11.3 Å². The molecule has 0 saturated heterocycles. The molecule has 142 valence electrons. The number of hydrogen-bond donors (Lipinski definition) is 2. The third-order valence-corrected chi connectivity index (χ3v) is 4.35. The molecule has 0 radical (unpaired) electrons. The molecular formula is C17H22N2O6S. The molecule has 0 fully saturated rings. The van der Waals surface area contributed by atoms with Gasteiger partial charge in [0.2, 0.25) is 0 Å². The number of rotatable bonds is 8. The second-order valence-corrected chi connectivity index (χ2v) is 6.05. The van der Waals surface area contributed by atoms with Crippen molar-refractivity contribution in [2.75, 3.05) is 25.6 Å². The largest absolute Gasteiger partial charge is 0.462 e. The predicted molar refractivity (Wildman–Crippen MR) is 97.4 cm³/mol. The Bertz CT molecular complexity index is 723. The minimum absolute atomic E-state index is 0.112. The Labute approximate surface area is 155 Å². The van der Waals surface area contributed by atoms with Crippen molar-refractivity contribution in [3.8, 4) is 0 Å². The van der Waals surface area contributed by atoms with Crippen LogP contribution >= 0.6 is 11.3 Å². The van der Waals surface area contributed by atoms with Crippen molar-refractivity contribution < 1.29 is 28.7 Å². The van der Waals surface area contributed by atoms with E-state index in [1.807, 2.05) is 6.92 Å². The Morgan fingerprint density at radius 1 is 1.15 bits per heavy atom. The summed E-state index contributed by atoms with van der Waals surface area (Å²) < 4.78 is 9.79. The molecule has 8 nitrogen and oxygen atoms in total. The van der Waals surface area contributed by atoms with Crippen molar-refractivity contribution in [3.63, 3.8) is 0 Å². The van der Waals surface area contributed by atoms with Crippen LogP contribution < -0.4 is 10.6 Å². The molecule has 0 atom stereocenters. The number of carbonyl (C=O) groups is 4. The molecule has 0 aliphatic rings. The van der Waals surface area contributed by atoms with E-state index in [1.54, 1.807) is 19.9 Å². The zero-order chi connectivity index (χ0) is 19.7. The summed E-state index contributed by atoms with van der Waals surface area (Å²) in [5, 5.41) is 5.15. The normalized spacial score (nSPS) is 10.5. The molecule has 1 aromatic heterocycles. The van der Waals surface area contributed by atoms with Crippen LogP contribution in [-0.4, -0.2) is 44.0 Å². The van der Waals surface area contributed by atoms with Gasteiger partial charge in [0.25, 0.3) is 11.8 Å². The highest BCUT2D eigenvalue weighted by molar-refractivity contribution is 7.18. The fourth-order valence-electron chi connectivity index (χ4n) is 1.94. The smallest absolute Gasteiger partial charge is 0.341 e. The van der Waals surface area contributed by atoms with E-state index in [4.69, 9.17) is 9.47 Å². The standard InChI is InChI=1S/C17H22N2O6S/c1-5-7-8-12(21)25-9-11(20)19-16-13(17(23)24-6-2)10(3)14(26-16)15(22)18-4/h7-8H,5-6,9H2,1-4H3,(H,18,22)(H,19,20)/b8-7+. The molecule has 9 heteroatoms. The predicted octanol–water partition coefficient (Wildman–Crippen LogP) is 2.04. The van der Waals surface area contributed by atoms with Gasteiger partial charge in [-0.3, -0.25) is 9.59 Å². The summed E-state index contributed by atoms with van der Waals surface area (Å²) in [5.74, 6) is -2.29. The summed E-state index contributed by atoms with van der Waals surface area (Å²) in [6.45, 7) is 4.75. The fourth-order valence-corrected chi connectivity index (χ4v) is 3.10. The topological polar surface area (TPSA) is 111 Å². The van der Waals surface area contributed by atoms with Crippen LogP contribution in [0.5, 0.6) is 0 Å². The van der Waals surface area contributed by atoms with Crippen molar-refractivity contribution in [2.24, 2.45) is 0 Å². The molecule has 0 saturated carbocycles. The van der Waals surface area contributed by atoms with Crippen LogP contribution in [0.25, 0.3) is 0 Å². The molecule has 1 rings (SSSR count). The van der Waals surface area contributed by atoms with Gasteiger partial charge in [-0.25, -0.2) is 9.59 Å². The summed E-state index contributed by atoms with van der Waals surface area (Å²) in [7, 11) is 1.47. The molecule has 1 aromatic rings. The number of hydrogen-bond acceptors (Lipinski definition) is 7. The summed E-state index contributed by atoms with van der Waals surface area (Å²) in [5.41, 5.74) is 0.520. The van der Waals surface area contributed by atoms with E-state index in [1.165, 1.54) is 13.1 Å². The molecule has 0 aliphatic carbocycles. The van der Waals surface area contributed by atoms with Crippen LogP contribution in [0.15, 0.2) is 12.2 Å². The Morgan fingerprint density at radius 2 is 1.85 bits per heavy atom. The molecule has 0 spiro atoms. The van der Waals surface area contributed by atoms with Crippen molar-refractivity contribution in [1.82, 2.24) is 5.32 Å². The van der Waals surface area contributed by atoms with Gasteiger partial charge in [0.05, 0.1) is 17.0 Å². The maximum Gasteiger partial charge on any atom is 0.341 e. The first-order chi connectivity index (χ1) is 12.3. The summed E-state index contributed by atoms with van der Waals surface area (Å²) >= 11 is 0.950. The highest BCUT2D eigenvalue weighted by Gasteiger charge is 2.26. The van der Waals surface area contributed by atoms with Gasteiger partial charge >= 0.3 is 11.9 Å². The first-order valence-electron chi connectivity index (χ1n) is 8.01. The van der Waals surface area contributed by atoms with Crippen LogP contribution in [0, 0.1) is 6.92 Å². The molecule has 0 aliphatic heterocycles. The number of allylic oxidation sites excluding steroid dienone is 1. The van der Waals surface area contributed by atoms with Gasteiger partial charge < -0.3 is 20.1 Å². The minimum Gasteiger partial charge on any atom is -0.462 e. The van der Waals surface area contributed by atoms with Crippen molar-refractivity contribution in [1.29, 1.82) is 0 Å². The SMILES string of the molecule is CC/C=C/C(=O)OCC(=O)Nc1sc(C(=O)NC)c(C)c1C(=O)OCC. The lowest BCUT2D eigenvalue weighted by atomic mass is 10.1. The summed E-state index contributed by atoms with van der Waals surface area (Å²) in [6, 6.07) is 0. The number of ether oxygens (including phenoxy) is 2. The molecule has 2 N–H and O–H groups in total. The lowest BCUT2D eigenvalue weighted by Crippen LogP contribution is -2.21. The Hall–Kier alpha value is -2.68. The average molecular weight is 382 g/mol. The summed E-state index contributed by atoms with van der Waals surface area (Å²) in [6.07, 6.45) is 3.51. The van der Waals surface area contributed by atoms with E-state index in [2.05, 4.69) is 10.6 Å². The zero-order valence-corrected chi connectivity index (χ0v) is 16.0. The lowest BCUT2D eigenvalue weighted by Gasteiger charge is -2.07. The number of esters is 2. The van der Waals surface area contributed by atoms with Gasteiger partial charge in [0.15, 0.2) is 6.61 Å². The molecular weight excluding hydrogens is 360 g/mol. The quantitative estimate of drug-likeness (QED) is 0.526. The van der Waals surface area contributed by atoms with Gasteiger partial charge in [0.1, 0.15) is 5.00 Å². The highest BCUT2D eigenvalue weighted by atomic mass is 32.1. The minimum atomic E-state index is -0.644. The number of nitrogens with one attached hydrogen (secondary N) is 2. The number of carbonyl (C=O) groups excluding carboxylic acids is 4. The average Bonchev–Trinajstić information content (AvgIpc) is 2.93. The van der Waals surface area contributed by atoms with Crippen LogP contribution in [0.4, 0.5) is 5.00 Å². The second kappa shape index (κ2) is 10.3. The van der Waals surface area contributed by atoms with Gasteiger partial charge in [-0.2, -0.15) is 0 Å². The van der Waals surface area contributed by atoms with E-state index in [0.717, 1.165) is 11.3 Å². The van der Waals surface area contributed by atoms with Crippen molar-refractivity contribution in [2.45, 2.75) is 27.2 Å². The molecule has 2 amide bonds. The summed E-state index contributed by atoms with van der Waals surface area (Å²) in [4.78, 5) is 47.8. The van der Waals surface area contributed by atoms with E-state index < -0.39 is 24.5 Å². The first-order valence-corrected chi connectivity index (χ1v) is 8.82. The molecule has 0 unspecified atom stereocenters. The Morgan fingerprint density at radius 3 is 2.42 bits per heavy atom. The van der Waals surface area contributed by atoms with E-state index in [0.29, 0.717) is 12.0 Å². The lowest BCUT2D eigenvalue weighted by molar-refractivity contribution is -0.142. The third kappa shape index (κ3) is 5.69. The molecule has 26 heavy (non-hydrogen) atoms. The van der Waals surface area contributed by atoms with E-state index in [-0.39, 0.29) is 28.0 Å². The van der Waals surface area contributed by atoms with Crippen LogP contribution in [0.2, 0.25) is 0 Å². The Kier molecular flexibility index (Phi) is 8.50. The van der Waals surface area contributed by atoms with Crippen molar-refractivity contribution >= 4 is 40.1 Å². The van der Waals surface area contributed by atoms with Crippen LogP contribution in [-0.2, 0) is 19.1 Å². The Balaban J connectivity index is 2.97. The fraction of sp³-hybridized carbons (Fsp3) is 0.412. The number of anilines is 1. The number of amides is 2. The molecule has 0 aromatic carbocycles. The van der Waals surface area contributed by atoms with Gasteiger partial charge in [0, 0.05) is 13.1 Å². The van der Waals surface area contributed by atoms with Gasteiger partial charge in [-0.1, -0.05) is 13.0 Å². The first kappa shape index (κ1) is 21.4. The van der Waals surface area contributed by atoms with Crippen LogP contribution in [0.3, 0.4) is 0 Å². The third-order valence-electron chi connectivity index (χ3n) is 3.15. The van der Waals surface area contributed by atoms with E-state index >= 15 is 0 Å². The number of thiophene rings is 1. The van der Waals surface area contributed by atoms with Crippen molar-refractivity contribution in [3.05, 3.63) is 28.2 Å². The second-order valence-electron chi connectivity index (χ2n) is 5.03. The zero-order valence-electron chi connectivity index (χ0n) is 15.1. The van der Waals surface area contributed by atoms with E-state index in [9.17, 15) is 19.2 Å². The maximum absolute atomic E-state index is 12.2. The van der Waals surface area contributed by atoms with Crippen LogP contribution in [0.1, 0.15) is 45.9 Å². The molecule has 1 heterocycles. The monoisotopic (exact) mass is 382 g/mol. The van der Waals surface area contributed by atoms with Gasteiger partial charge in [-0.05, 0) is 25.8 Å². The maximum atomic E-state index is 12.2. The highest BCUT2D eigenvalue weighted by Crippen LogP contribution is 2.33. The molecule has 0 bridgehead atoms.